The van der Waals surface area contributed by atoms with Gasteiger partial charge < -0.3 is 24.8 Å². The highest BCUT2D eigenvalue weighted by Gasteiger charge is 2.49. The van der Waals surface area contributed by atoms with Crippen LogP contribution in [0.15, 0.2) is 36.4 Å². The van der Waals surface area contributed by atoms with Crippen molar-refractivity contribution < 1.29 is 37.3 Å². The topological polar surface area (TPSA) is 88.1 Å². The maximum atomic E-state index is 13.8. The van der Waals surface area contributed by atoms with Gasteiger partial charge in [0.25, 0.3) is 0 Å². The molecule has 2 atom stereocenters. The molecule has 0 radical (unpaired) electrons. The minimum atomic E-state index is -4.47. The molecule has 1 aliphatic carbocycles. The summed E-state index contributed by atoms with van der Waals surface area (Å²) in [7, 11) is 1.42. The molecule has 0 spiro atoms. The number of fused-ring (bicyclic) bond motifs is 1. The number of halogens is 3. The first-order valence-corrected chi connectivity index (χ1v) is 12.2. The standard InChI is InChI=1S/C27H31F3N2O5/c1-16(2)26(25(35)32-14-18-11-19(27(28,29)30)5-7-22(18)37-15-32)9-8-20(12-26)31-13-17-4-6-23(36-3)21(10-17)24(33)34/h4-7,10-11,16,20,31H,8-9,12-15H2,1-3H3,(H,33,34)/t20-,26+/m1/s1. The Hall–Kier alpha value is -3.27. The number of alkyl halides is 3. The highest BCUT2D eigenvalue weighted by atomic mass is 19.4. The van der Waals surface area contributed by atoms with E-state index in [1.807, 2.05) is 13.8 Å². The lowest BCUT2D eigenvalue weighted by Gasteiger charge is -2.39. The second-order valence-electron chi connectivity index (χ2n) is 10.1. The van der Waals surface area contributed by atoms with E-state index in [0.717, 1.165) is 24.1 Å². The molecule has 1 fully saturated rings. The summed E-state index contributed by atoms with van der Waals surface area (Å²) in [5.74, 6) is -0.533. The first-order chi connectivity index (χ1) is 17.4. The lowest BCUT2D eigenvalue weighted by atomic mass is 9.74. The van der Waals surface area contributed by atoms with Crippen molar-refractivity contribution in [2.75, 3.05) is 13.8 Å². The summed E-state index contributed by atoms with van der Waals surface area (Å²) in [6, 6.07) is 8.36. The summed E-state index contributed by atoms with van der Waals surface area (Å²) in [5.41, 5.74) is -0.231. The Labute approximate surface area is 213 Å². The fourth-order valence-electron chi connectivity index (χ4n) is 5.37. The highest BCUT2D eigenvalue weighted by Crippen LogP contribution is 2.47. The molecule has 0 unspecified atom stereocenters. The third kappa shape index (κ3) is 5.39. The van der Waals surface area contributed by atoms with Crippen molar-refractivity contribution in [2.45, 2.75) is 58.4 Å². The largest absolute Gasteiger partial charge is 0.496 e. The molecular weight excluding hydrogens is 489 g/mol. The zero-order chi connectivity index (χ0) is 27.0. The molecule has 0 bridgehead atoms. The van der Waals surface area contributed by atoms with E-state index in [0.29, 0.717) is 30.7 Å². The van der Waals surface area contributed by atoms with Gasteiger partial charge in [0.2, 0.25) is 5.91 Å². The van der Waals surface area contributed by atoms with Gasteiger partial charge in [-0.15, -0.1) is 0 Å². The highest BCUT2D eigenvalue weighted by molar-refractivity contribution is 5.91. The SMILES string of the molecule is COc1ccc(CN[C@@H]2CC[C@@](C(=O)N3COc4ccc(C(F)(F)F)cc4C3)(C(C)C)C2)cc1C(=O)O. The predicted octanol–water partition coefficient (Wildman–Crippen LogP) is 5.08. The third-order valence-electron chi connectivity index (χ3n) is 7.58. The van der Waals surface area contributed by atoms with Crippen LogP contribution in [0.4, 0.5) is 13.2 Å². The van der Waals surface area contributed by atoms with Gasteiger partial charge in [-0.2, -0.15) is 13.2 Å². The molecule has 2 aromatic carbocycles. The number of aromatic carboxylic acids is 1. The van der Waals surface area contributed by atoms with Gasteiger partial charge in [0, 0.05) is 18.2 Å². The Morgan fingerprint density at radius 1 is 1.24 bits per heavy atom. The number of carbonyl (C=O) groups excluding carboxylic acids is 1. The van der Waals surface area contributed by atoms with Crippen molar-refractivity contribution in [3.8, 4) is 11.5 Å². The first kappa shape index (κ1) is 26.8. The van der Waals surface area contributed by atoms with Crippen molar-refractivity contribution in [1.82, 2.24) is 10.2 Å². The number of hydrogen-bond donors (Lipinski definition) is 2. The van der Waals surface area contributed by atoms with Crippen LogP contribution in [0, 0.1) is 11.3 Å². The van der Waals surface area contributed by atoms with E-state index in [-0.39, 0.29) is 42.5 Å². The molecule has 1 saturated carbocycles. The van der Waals surface area contributed by atoms with Crippen molar-refractivity contribution in [1.29, 1.82) is 0 Å². The second-order valence-corrected chi connectivity index (χ2v) is 10.1. The molecule has 4 rings (SSSR count). The maximum absolute atomic E-state index is 13.8. The normalized spacial score (nSPS) is 21.5. The quantitative estimate of drug-likeness (QED) is 0.530. The fourth-order valence-corrected chi connectivity index (χ4v) is 5.37. The number of benzene rings is 2. The molecule has 37 heavy (non-hydrogen) atoms. The Morgan fingerprint density at radius 2 is 2.00 bits per heavy atom. The van der Waals surface area contributed by atoms with Gasteiger partial charge in [-0.25, -0.2) is 4.79 Å². The van der Waals surface area contributed by atoms with E-state index in [9.17, 15) is 27.9 Å². The summed E-state index contributed by atoms with van der Waals surface area (Å²) in [5, 5.41) is 12.9. The molecule has 2 aliphatic rings. The summed E-state index contributed by atoms with van der Waals surface area (Å²) >= 11 is 0. The van der Waals surface area contributed by atoms with Crippen LogP contribution in [0.25, 0.3) is 0 Å². The van der Waals surface area contributed by atoms with E-state index in [4.69, 9.17) is 9.47 Å². The lowest BCUT2D eigenvalue weighted by Crippen LogP contribution is -2.48. The third-order valence-corrected chi connectivity index (χ3v) is 7.58. The molecule has 2 aromatic rings. The number of hydrogen-bond acceptors (Lipinski definition) is 5. The number of nitrogens with one attached hydrogen (secondary N) is 1. The van der Waals surface area contributed by atoms with Gasteiger partial charge in [-0.1, -0.05) is 19.9 Å². The molecule has 7 nitrogen and oxygen atoms in total. The van der Waals surface area contributed by atoms with Gasteiger partial charge in [-0.05, 0) is 61.1 Å². The zero-order valence-electron chi connectivity index (χ0n) is 21.0. The Morgan fingerprint density at radius 3 is 2.65 bits per heavy atom. The number of nitrogens with zero attached hydrogens (tertiary/aromatic N) is 1. The number of rotatable bonds is 7. The van der Waals surface area contributed by atoms with Crippen LogP contribution in [0.3, 0.4) is 0 Å². The minimum Gasteiger partial charge on any atom is -0.496 e. The maximum Gasteiger partial charge on any atom is 0.416 e. The van der Waals surface area contributed by atoms with Gasteiger partial charge in [-0.3, -0.25) is 4.79 Å². The van der Waals surface area contributed by atoms with E-state index < -0.39 is 23.1 Å². The van der Waals surface area contributed by atoms with E-state index in [2.05, 4.69) is 5.32 Å². The van der Waals surface area contributed by atoms with Crippen LogP contribution in [-0.4, -0.2) is 41.8 Å². The lowest BCUT2D eigenvalue weighted by molar-refractivity contribution is -0.149. The van der Waals surface area contributed by atoms with Crippen LogP contribution >= 0.6 is 0 Å². The van der Waals surface area contributed by atoms with E-state index in [1.165, 1.54) is 18.1 Å². The molecule has 10 heteroatoms. The number of ether oxygens (including phenoxy) is 2. The predicted molar refractivity (Wildman–Crippen MR) is 129 cm³/mol. The molecule has 200 valence electrons. The molecular formula is C27H31F3N2O5. The van der Waals surface area contributed by atoms with Crippen LogP contribution in [-0.2, 0) is 24.1 Å². The zero-order valence-corrected chi connectivity index (χ0v) is 21.0. The van der Waals surface area contributed by atoms with E-state index >= 15 is 0 Å². The number of carboxylic acids is 1. The van der Waals surface area contributed by atoms with Gasteiger partial charge in [0.05, 0.1) is 24.6 Å². The smallest absolute Gasteiger partial charge is 0.416 e. The Balaban J connectivity index is 1.45. The van der Waals surface area contributed by atoms with Gasteiger partial charge in [0.15, 0.2) is 6.73 Å². The summed E-state index contributed by atoms with van der Waals surface area (Å²) in [6.45, 7) is 4.46. The van der Waals surface area contributed by atoms with Crippen molar-refractivity contribution in [2.24, 2.45) is 11.3 Å². The molecule has 0 saturated heterocycles. The van der Waals surface area contributed by atoms with Crippen molar-refractivity contribution in [3.05, 3.63) is 58.7 Å². The monoisotopic (exact) mass is 520 g/mol. The summed E-state index contributed by atoms with van der Waals surface area (Å²) < 4.78 is 50.4. The van der Waals surface area contributed by atoms with Crippen LogP contribution in [0.5, 0.6) is 11.5 Å². The average molecular weight is 521 g/mol. The second kappa shape index (κ2) is 10.2. The average Bonchev–Trinajstić information content (AvgIpc) is 3.31. The Kier molecular flexibility index (Phi) is 7.41. The van der Waals surface area contributed by atoms with Crippen molar-refractivity contribution >= 4 is 11.9 Å². The molecule has 0 aromatic heterocycles. The molecule has 1 amide bonds. The molecule has 2 N–H and O–H groups in total. The first-order valence-electron chi connectivity index (χ1n) is 12.2. The van der Waals surface area contributed by atoms with Crippen molar-refractivity contribution in [3.63, 3.8) is 0 Å². The van der Waals surface area contributed by atoms with Crippen LogP contribution in [0.1, 0.15) is 60.2 Å². The number of carbonyl (C=O) groups is 2. The Bertz CT molecular complexity index is 1180. The van der Waals surface area contributed by atoms with Gasteiger partial charge >= 0.3 is 12.1 Å². The number of amides is 1. The van der Waals surface area contributed by atoms with Crippen LogP contribution < -0.4 is 14.8 Å². The fraction of sp³-hybridized carbons (Fsp3) is 0.481. The summed E-state index contributed by atoms with van der Waals surface area (Å²) in [4.78, 5) is 26.8. The van der Waals surface area contributed by atoms with Crippen LogP contribution in [0.2, 0.25) is 0 Å². The molecule has 1 aliphatic heterocycles. The number of methoxy groups -OCH3 is 1. The van der Waals surface area contributed by atoms with Gasteiger partial charge in [0.1, 0.15) is 17.1 Å². The minimum absolute atomic E-state index is 0.00637. The molecule has 1 heterocycles. The van der Waals surface area contributed by atoms with E-state index in [1.54, 1.807) is 18.2 Å². The number of carboxylic acid groups (broad SMARTS) is 1. The summed E-state index contributed by atoms with van der Waals surface area (Å²) in [6.07, 6.45) is -2.53.